The molecule has 2 heterocycles. The van der Waals surface area contributed by atoms with E-state index in [4.69, 9.17) is 4.74 Å². The topological polar surface area (TPSA) is 87.6 Å². The van der Waals surface area contributed by atoms with Crippen LogP contribution in [0.4, 0.5) is 5.82 Å². The highest BCUT2D eigenvalue weighted by atomic mass is 16.5. The molecule has 1 saturated heterocycles. The number of nitrogens with zero attached hydrogens (tertiary/aromatic N) is 3. The molecule has 0 spiro atoms. The number of aliphatic hydroxyl groups excluding tert-OH is 1. The minimum atomic E-state index is -0.465. The standard InChI is InChI=1S/C23H30N4O3/c1-2-3-10-30-21-7-5-4-6-18(21)23(29)27-14-16-11-19(20(28)12-17(16)15-27)26-22-13-24-8-9-25-22/h4-9,13,16-17,19-20,28H,2-3,10-12,14-15H2,1H3,(H,25,26)/t16-,17+,19-,20-/m1/s1. The quantitative estimate of drug-likeness (QED) is 0.683. The number of unbranched alkanes of at least 4 members (excludes halogenated alkanes) is 1. The van der Waals surface area contributed by atoms with Crippen molar-refractivity contribution in [3.8, 4) is 5.75 Å². The summed E-state index contributed by atoms with van der Waals surface area (Å²) in [6.45, 7) is 4.13. The summed E-state index contributed by atoms with van der Waals surface area (Å²) in [5.41, 5.74) is 0.627. The van der Waals surface area contributed by atoms with Crippen LogP contribution < -0.4 is 10.1 Å². The Kier molecular flexibility index (Phi) is 6.47. The van der Waals surface area contributed by atoms with Crippen molar-refractivity contribution in [2.75, 3.05) is 25.0 Å². The van der Waals surface area contributed by atoms with E-state index in [0.717, 1.165) is 19.3 Å². The van der Waals surface area contributed by atoms with E-state index in [-0.39, 0.29) is 11.9 Å². The molecule has 4 rings (SSSR count). The molecule has 30 heavy (non-hydrogen) atoms. The lowest BCUT2D eigenvalue weighted by atomic mass is 9.77. The average Bonchev–Trinajstić information content (AvgIpc) is 3.17. The van der Waals surface area contributed by atoms with Crippen LogP contribution in [0.3, 0.4) is 0 Å². The molecule has 1 aromatic heterocycles. The normalized spacial score (nSPS) is 25.6. The van der Waals surface area contributed by atoms with Crippen LogP contribution in [0.5, 0.6) is 5.75 Å². The third-order valence-corrected chi connectivity index (χ3v) is 6.20. The van der Waals surface area contributed by atoms with Crippen molar-refractivity contribution < 1.29 is 14.6 Å². The van der Waals surface area contributed by atoms with Gasteiger partial charge in [0.15, 0.2) is 0 Å². The van der Waals surface area contributed by atoms with E-state index in [1.807, 2.05) is 29.2 Å². The molecule has 2 N–H and O–H groups in total. The summed E-state index contributed by atoms with van der Waals surface area (Å²) in [7, 11) is 0. The second kappa shape index (κ2) is 9.43. The molecule has 1 aliphatic heterocycles. The van der Waals surface area contributed by atoms with Crippen molar-refractivity contribution in [2.45, 2.75) is 44.8 Å². The van der Waals surface area contributed by atoms with Gasteiger partial charge in [-0.1, -0.05) is 25.5 Å². The first-order valence-corrected chi connectivity index (χ1v) is 10.9. The lowest BCUT2D eigenvalue weighted by molar-refractivity contribution is 0.0726. The number of aliphatic hydroxyl groups is 1. The van der Waals surface area contributed by atoms with Crippen LogP contribution >= 0.6 is 0 Å². The Bertz CT molecular complexity index is 847. The number of fused-ring (bicyclic) bond motifs is 1. The second-order valence-electron chi connectivity index (χ2n) is 8.31. The van der Waals surface area contributed by atoms with Gasteiger partial charge in [-0.15, -0.1) is 0 Å². The number of para-hydroxylation sites is 1. The number of carbonyl (C=O) groups excluding carboxylic acids is 1. The van der Waals surface area contributed by atoms with Crippen molar-refractivity contribution >= 4 is 11.7 Å². The maximum atomic E-state index is 13.2. The first kappa shape index (κ1) is 20.6. The molecule has 1 aromatic carbocycles. The van der Waals surface area contributed by atoms with Crippen LogP contribution in [0.2, 0.25) is 0 Å². The molecule has 1 aliphatic carbocycles. The molecule has 0 bridgehead atoms. The van der Waals surface area contributed by atoms with Crippen LogP contribution in [0.15, 0.2) is 42.9 Å². The highest BCUT2D eigenvalue weighted by Gasteiger charge is 2.43. The Morgan fingerprint density at radius 1 is 1.23 bits per heavy atom. The number of hydrogen-bond acceptors (Lipinski definition) is 6. The first-order chi connectivity index (χ1) is 14.7. The van der Waals surface area contributed by atoms with Gasteiger partial charge in [-0.25, -0.2) is 4.98 Å². The highest BCUT2D eigenvalue weighted by Crippen LogP contribution is 2.38. The van der Waals surface area contributed by atoms with Gasteiger partial charge in [0.25, 0.3) is 5.91 Å². The number of hydrogen-bond donors (Lipinski definition) is 2. The molecule has 2 aliphatic rings. The lowest BCUT2D eigenvalue weighted by Gasteiger charge is -2.35. The van der Waals surface area contributed by atoms with E-state index >= 15 is 0 Å². The Labute approximate surface area is 177 Å². The average molecular weight is 411 g/mol. The molecule has 1 amide bonds. The van der Waals surface area contributed by atoms with Gasteiger partial charge >= 0.3 is 0 Å². The van der Waals surface area contributed by atoms with Gasteiger partial charge in [-0.3, -0.25) is 9.78 Å². The number of carbonyl (C=O) groups is 1. The summed E-state index contributed by atoms with van der Waals surface area (Å²) in [5.74, 6) is 2.03. The molecular weight excluding hydrogens is 380 g/mol. The van der Waals surface area contributed by atoms with Crippen molar-refractivity contribution in [2.24, 2.45) is 11.8 Å². The fourth-order valence-corrected chi connectivity index (χ4v) is 4.58. The molecule has 0 unspecified atom stereocenters. The first-order valence-electron chi connectivity index (χ1n) is 10.9. The fourth-order valence-electron chi connectivity index (χ4n) is 4.58. The summed E-state index contributed by atoms with van der Waals surface area (Å²) >= 11 is 0. The number of rotatable bonds is 7. The zero-order chi connectivity index (χ0) is 20.9. The van der Waals surface area contributed by atoms with Crippen LogP contribution in [-0.4, -0.2) is 57.7 Å². The van der Waals surface area contributed by atoms with E-state index in [0.29, 0.717) is 55.1 Å². The number of amides is 1. The van der Waals surface area contributed by atoms with Crippen LogP contribution in [0, 0.1) is 11.8 Å². The molecular formula is C23H30N4O3. The van der Waals surface area contributed by atoms with Gasteiger partial charge in [0.05, 0.1) is 30.5 Å². The maximum absolute atomic E-state index is 13.2. The number of nitrogens with one attached hydrogen (secondary N) is 1. The summed E-state index contributed by atoms with van der Waals surface area (Å²) in [6.07, 6.45) is 7.97. The van der Waals surface area contributed by atoms with E-state index < -0.39 is 6.10 Å². The number of benzene rings is 1. The molecule has 160 valence electrons. The molecule has 0 radical (unpaired) electrons. The molecule has 7 heteroatoms. The van der Waals surface area contributed by atoms with Crippen LogP contribution in [0.1, 0.15) is 43.0 Å². The molecule has 1 saturated carbocycles. The number of anilines is 1. The largest absolute Gasteiger partial charge is 0.493 e. The van der Waals surface area contributed by atoms with Gasteiger partial charge in [0, 0.05) is 25.5 Å². The summed E-state index contributed by atoms with van der Waals surface area (Å²) in [6, 6.07) is 7.42. The van der Waals surface area contributed by atoms with Crippen molar-refractivity contribution in [3.05, 3.63) is 48.4 Å². The SMILES string of the molecule is CCCCOc1ccccc1C(=O)N1C[C@H]2C[C@@H](Nc3cnccn3)[C@H](O)C[C@H]2C1. The third kappa shape index (κ3) is 4.56. The number of ether oxygens (including phenoxy) is 1. The predicted octanol–water partition coefficient (Wildman–Crippen LogP) is 2.98. The number of likely N-dealkylation sites (tertiary alicyclic amines) is 1. The van der Waals surface area contributed by atoms with Crippen LogP contribution in [0.25, 0.3) is 0 Å². The summed E-state index contributed by atoms with van der Waals surface area (Å²) in [4.78, 5) is 23.5. The minimum absolute atomic E-state index is 0.0180. The monoisotopic (exact) mass is 410 g/mol. The Morgan fingerprint density at radius 2 is 2.03 bits per heavy atom. The highest BCUT2D eigenvalue weighted by molar-refractivity contribution is 5.97. The Morgan fingerprint density at radius 3 is 2.80 bits per heavy atom. The molecule has 4 atom stereocenters. The van der Waals surface area contributed by atoms with E-state index in [1.54, 1.807) is 18.6 Å². The van der Waals surface area contributed by atoms with Gasteiger partial charge in [0.2, 0.25) is 0 Å². The fraction of sp³-hybridized carbons (Fsp3) is 0.522. The van der Waals surface area contributed by atoms with Gasteiger partial charge in [0.1, 0.15) is 11.6 Å². The molecule has 2 aromatic rings. The van der Waals surface area contributed by atoms with Crippen LogP contribution in [-0.2, 0) is 0 Å². The Hall–Kier alpha value is -2.67. The maximum Gasteiger partial charge on any atom is 0.257 e. The smallest absolute Gasteiger partial charge is 0.257 e. The summed E-state index contributed by atoms with van der Waals surface area (Å²) < 4.78 is 5.87. The zero-order valence-electron chi connectivity index (χ0n) is 17.4. The number of aromatic nitrogens is 2. The second-order valence-corrected chi connectivity index (χ2v) is 8.31. The van der Waals surface area contributed by atoms with Crippen molar-refractivity contribution in [1.29, 1.82) is 0 Å². The van der Waals surface area contributed by atoms with E-state index in [2.05, 4.69) is 22.2 Å². The van der Waals surface area contributed by atoms with Crippen molar-refractivity contribution in [1.82, 2.24) is 14.9 Å². The third-order valence-electron chi connectivity index (χ3n) is 6.20. The van der Waals surface area contributed by atoms with E-state index in [1.165, 1.54) is 0 Å². The van der Waals surface area contributed by atoms with E-state index in [9.17, 15) is 9.90 Å². The zero-order valence-corrected chi connectivity index (χ0v) is 17.4. The summed E-state index contributed by atoms with van der Waals surface area (Å²) in [5, 5.41) is 14.0. The van der Waals surface area contributed by atoms with Gasteiger partial charge < -0.3 is 20.1 Å². The predicted molar refractivity (Wildman–Crippen MR) is 114 cm³/mol. The van der Waals surface area contributed by atoms with Gasteiger partial charge in [-0.05, 0) is 43.2 Å². The van der Waals surface area contributed by atoms with Gasteiger partial charge in [-0.2, -0.15) is 0 Å². The lowest BCUT2D eigenvalue weighted by Crippen LogP contribution is -2.43. The minimum Gasteiger partial charge on any atom is -0.493 e. The molecule has 7 nitrogen and oxygen atoms in total. The Balaban J connectivity index is 1.41. The molecule has 2 fully saturated rings. The van der Waals surface area contributed by atoms with Crippen molar-refractivity contribution in [3.63, 3.8) is 0 Å².